The molecule has 1 fully saturated rings. The number of ether oxygens (including phenoxy) is 2. The van der Waals surface area contributed by atoms with E-state index in [2.05, 4.69) is 6.58 Å². The van der Waals surface area contributed by atoms with Gasteiger partial charge in [-0.25, -0.2) is 13.6 Å². The molecule has 0 atom stereocenters. The minimum Gasteiger partial charge on any atom is -0.462 e. The first kappa shape index (κ1) is 18.6. The van der Waals surface area contributed by atoms with Crippen LogP contribution in [0.2, 0.25) is 0 Å². The van der Waals surface area contributed by atoms with Crippen LogP contribution in [0.25, 0.3) is 0 Å². The molecule has 0 unspecified atom stereocenters. The van der Waals surface area contributed by atoms with Crippen LogP contribution in [-0.4, -0.2) is 30.6 Å². The summed E-state index contributed by atoms with van der Waals surface area (Å²) >= 11 is 0. The van der Waals surface area contributed by atoms with E-state index in [9.17, 15) is 18.4 Å². The highest BCUT2D eigenvalue weighted by Crippen LogP contribution is 2.34. The van der Waals surface area contributed by atoms with Crippen LogP contribution in [0.1, 0.15) is 58.3 Å². The number of hydrogen-bond acceptors (Lipinski definition) is 4. The molecule has 1 rings (SSSR count). The largest absolute Gasteiger partial charge is 0.462 e. The zero-order chi connectivity index (χ0) is 16.6. The van der Waals surface area contributed by atoms with E-state index in [4.69, 9.17) is 9.47 Å². The minimum atomic E-state index is -2.61. The van der Waals surface area contributed by atoms with Crippen molar-refractivity contribution in [1.29, 1.82) is 0 Å². The maximum Gasteiger partial charge on any atom is 0.333 e. The number of alkyl halides is 2. The van der Waals surface area contributed by atoms with E-state index in [1.165, 1.54) is 0 Å². The summed E-state index contributed by atoms with van der Waals surface area (Å²) in [4.78, 5) is 22.7. The van der Waals surface area contributed by atoms with Crippen molar-refractivity contribution in [3.05, 3.63) is 12.2 Å². The highest BCUT2D eigenvalue weighted by molar-refractivity contribution is 5.86. The number of carbonyl (C=O) groups excluding carboxylic acids is 2. The third-order valence-electron chi connectivity index (χ3n) is 3.57. The molecule has 0 N–H and O–H groups in total. The Labute approximate surface area is 129 Å². The van der Waals surface area contributed by atoms with Crippen LogP contribution in [0.15, 0.2) is 12.2 Å². The Kier molecular flexibility index (Phi) is 7.48. The summed E-state index contributed by atoms with van der Waals surface area (Å²) in [6, 6.07) is 0. The van der Waals surface area contributed by atoms with Gasteiger partial charge in [0.2, 0.25) is 5.92 Å². The Morgan fingerprint density at radius 3 is 2.41 bits per heavy atom. The molecule has 0 bridgehead atoms. The Bertz CT molecular complexity index is 397. The van der Waals surface area contributed by atoms with Crippen molar-refractivity contribution in [3.8, 4) is 0 Å². The van der Waals surface area contributed by atoms with Gasteiger partial charge in [0.1, 0.15) is 6.10 Å². The average molecular weight is 318 g/mol. The molecule has 0 radical (unpaired) electrons. The zero-order valence-corrected chi connectivity index (χ0v) is 13.0. The lowest BCUT2D eigenvalue weighted by Crippen LogP contribution is -2.30. The standard InChI is InChI=1S/C16H24F2O4/c1-12(2)15(20)21-11-5-3-4-6-14(19)22-13-7-9-16(17,18)10-8-13/h13H,1,3-11H2,2H3. The summed E-state index contributed by atoms with van der Waals surface area (Å²) in [5.41, 5.74) is 0.363. The molecule has 0 aromatic carbocycles. The van der Waals surface area contributed by atoms with Crippen LogP contribution in [0.5, 0.6) is 0 Å². The van der Waals surface area contributed by atoms with Crippen LogP contribution in [0, 0.1) is 0 Å². The molecular weight excluding hydrogens is 294 g/mol. The fourth-order valence-corrected chi connectivity index (χ4v) is 2.21. The fraction of sp³-hybridized carbons (Fsp3) is 0.750. The summed E-state index contributed by atoms with van der Waals surface area (Å²) in [6.45, 7) is 5.36. The highest BCUT2D eigenvalue weighted by atomic mass is 19.3. The van der Waals surface area contributed by atoms with E-state index in [1.807, 2.05) is 0 Å². The molecule has 0 amide bonds. The number of unbranched alkanes of at least 4 members (excludes halogenated alkanes) is 2. The number of halogens is 2. The molecule has 0 saturated heterocycles. The Morgan fingerprint density at radius 1 is 1.18 bits per heavy atom. The summed E-state index contributed by atoms with van der Waals surface area (Å²) in [7, 11) is 0. The van der Waals surface area contributed by atoms with E-state index >= 15 is 0 Å². The smallest absolute Gasteiger partial charge is 0.333 e. The second kappa shape index (κ2) is 8.86. The normalized spacial score (nSPS) is 17.8. The maximum absolute atomic E-state index is 13.0. The molecule has 1 aliphatic carbocycles. The lowest BCUT2D eigenvalue weighted by Gasteiger charge is -2.27. The molecule has 0 spiro atoms. The summed E-state index contributed by atoms with van der Waals surface area (Å²) in [5, 5.41) is 0. The van der Waals surface area contributed by atoms with Gasteiger partial charge in [-0.3, -0.25) is 4.79 Å². The van der Waals surface area contributed by atoms with E-state index < -0.39 is 11.9 Å². The third kappa shape index (κ3) is 7.52. The van der Waals surface area contributed by atoms with Crippen molar-refractivity contribution in [2.75, 3.05) is 6.61 Å². The molecule has 1 saturated carbocycles. The summed E-state index contributed by atoms with van der Waals surface area (Å²) < 4.78 is 36.0. The van der Waals surface area contributed by atoms with Crippen LogP contribution >= 0.6 is 0 Å². The van der Waals surface area contributed by atoms with Crippen LogP contribution in [-0.2, 0) is 19.1 Å². The van der Waals surface area contributed by atoms with E-state index in [0.717, 1.165) is 6.42 Å². The van der Waals surface area contributed by atoms with Gasteiger partial charge in [0, 0.05) is 24.8 Å². The SMILES string of the molecule is C=C(C)C(=O)OCCCCCC(=O)OC1CCC(F)(F)CC1. The van der Waals surface area contributed by atoms with E-state index in [-0.39, 0.29) is 44.2 Å². The number of carbonyl (C=O) groups is 2. The van der Waals surface area contributed by atoms with Gasteiger partial charge >= 0.3 is 11.9 Å². The van der Waals surface area contributed by atoms with Gasteiger partial charge in [-0.1, -0.05) is 6.58 Å². The lowest BCUT2D eigenvalue weighted by atomic mass is 9.94. The number of rotatable bonds is 8. The maximum atomic E-state index is 13.0. The first-order valence-corrected chi connectivity index (χ1v) is 7.70. The van der Waals surface area contributed by atoms with Crippen LogP contribution in [0.4, 0.5) is 8.78 Å². The number of hydrogen-bond donors (Lipinski definition) is 0. The first-order chi connectivity index (χ1) is 10.3. The quantitative estimate of drug-likeness (QED) is 0.388. The average Bonchev–Trinajstić information content (AvgIpc) is 2.44. The third-order valence-corrected chi connectivity index (χ3v) is 3.57. The topological polar surface area (TPSA) is 52.6 Å². The van der Waals surface area contributed by atoms with Crippen molar-refractivity contribution in [3.63, 3.8) is 0 Å². The summed E-state index contributed by atoms with van der Waals surface area (Å²) in [5.74, 6) is -3.35. The fourth-order valence-electron chi connectivity index (χ4n) is 2.21. The van der Waals surface area contributed by atoms with Crippen molar-refractivity contribution >= 4 is 11.9 Å². The molecule has 1 aliphatic rings. The lowest BCUT2D eigenvalue weighted by molar-refractivity contribution is -0.155. The summed E-state index contributed by atoms with van der Waals surface area (Å²) in [6.07, 6.45) is 1.98. The molecule has 0 aliphatic heterocycles. The van der Waals surface area contributed by atoms with Gasteiger partial charge in [-0.05, 0) is 39.0 Å². The molecule has 6 heteroatoms. The van der Waals surface area contributed by atoms with E-state index in [1.54, 1.807) is 6.92 Å². The molecule has 4 nitrogen and oxygen atoms in total. The molecule has 126 valence electrons. The Balaban J connectivity index is 2.02. The second-order valence-electron chi connectivity index (χ2n) is 5.77. The van der Waals surface area contributed by atoms with Gasteiger partial charge < -0.3 is 9.47 Å². The zero-order valence-electron chi connectivity index (χ0n) is 13.0. The highest BCUT2D eigenvalue weighted by Gasteiger charge is 2.36. The predicted molar refractivity (Wildman–Crippen MR) is 77.5 cm³/mol. The van der Waals surface area contributed by atoms with Crippen molar-refractivity contribution < 1.29 is 27.8 Å². The monoisotopic (exact) mass is 318 g/mol. The van der Waals surface area contributed by atoms with E-state index in [0.29, 0.717) is 25.0 Å². The molecule has 0 heterocycles. The minimum absolute atomic E-state index is 0.209. The molecular formula is C16H24F2O4. The van der Waals surface area contributed by atoms with Gasteiger partial charge in [0.05, 0.1) is 6.61 Å². The first-order valence-electron chi connectivity index (χ1n) is 7.70. The van der Waals surface area contributed by atoms with Gasteiger partial charge in [-0.15, -0.1) is 0 Å². The van der Waals surface area contributed by atoms with Gasteiger partial charge in [0.15, 0.2) is 0 Å². The Morgan fingerprint density at radius 2 is 1.82 bits per heavy atom. The van der Waals surface area contributed by atoms with Crippen LogP contribution in [0.3, 0.4) is 0 Å². The second-order valence-corrected chi connectivity index (χ2v) is 5.77. The molecule has 22 heavy (non-hydrogen) atoms. The molecule has 0 aromatic rings. The van der Waals surface area contributed by atoms with Gasteiger partial charge in [0.25, 0.3) is 0 Å². The predicted octanol–water partition coefficient (Wildman–Crippen LogP) is 3.79. The number of esters is 2. The van der Waals surface area contributed by atoms with Crippen molar-refractivity contribution in [1.82, 2.24) is 0 Å². The van der Waals surface area contributed by atoms with Gasteiger partial charge in [-0.2, -0.15) is 0 Å². The van der Waals surface area contributed by atoms with Crippen molar-refractivity contribution in [2.24, 2.45) is 0 Å². The van der Waals surface area contributed by atoms with Crippen LogP contribution < -0.4 is 0 Å². The van der Waals surface area contributed by atoms with Crippen molar-refractivity contribution in [2.45, 2.75) is 70.3 Å². The Hall–Kier alpha value is -1.46. The molecule has 0 aromatic heterocycles.